The molecule has 0 saturated carbocycles. The van der Waals surface area contributed by atoms with E-state index < -0.39 is 0 Å². The first kappa shape index (κ1) is 19.4. The largest absolute Gasteiger partial charge is 0.459 e. The van der Waals surface area contributed by atoms with Crippen molar-refractivity contribution in [2.45, 2.75) is 26.1 Å². The zero-order valence-electron chi connectivity index (χ0n) is 16.5. The second-order valence-corrected chi connectivity index (χ2v) is 6.96. The van der Waals surface area contributed by atoms with Crippen molar-refractivity contribution in [3.63, 3.8) is 0 Å². The number of fused-ring (bicyclic) bond motifs is 1. The summed E-state index contributed by atoms with van der Waals surface area (Å²) in [6, 6.07) is 20.5. The average molecular weight is 402 g/mol. The van der Waals surface area contributed by atoms with Gasteiger partial charge in [-0.05, 0) is 36.8 Å². The van der Waals surface area contributed by atoms with Crippen LogP contribution in [0.4, 0.5) is 0 Å². The van der Waals surface area contributed by atoms with E-state index in [4.69, 9.17) is 4.42 Å². The molecule has 30 heavy (non-hydrogen) atoms. The van der Waals surface area contributed by atoms with Crippen LogP contribution in [-0.2, 0) is 17.9 Å². The molecule has 4 rings (SSSR count). The number of imidazole rings is 1. The third-order valence-corrected chi connectivity index (χ3v) is 4.86. The van der Waals surface area contributed by atoms with Crippen molar-refractivity contribution in [3.05, 3.63) is 90.1 Å². The number of carbonyl (C=O) groups excluding carboxylic acids is 2. The van der Waals surface area contributed by atoms with Crippen molar-refractivity contribution in [2.75, 3.05) is 0 Å². The Kier molecular flexibility index (Phi) is 5.61. The fourth-order valence-corrected chi connectivity index (χ4v) is 3.35. The van der Waals surface area contributed by atoms with E-state index in [-0.39, 0.29) is 36.7 Å². The molecule has 0 fully saturated rings. The van der Waals surface area contributed by atoms with Gasteiger partial charge in [0, 0.05) is 0 Å². The molecule has 1 atom stereocenters. The summed E-state index contributed by atoms with van der Waals surface area (Å²) in [4.78, 5) is 29.6. The summed E-state index contributed by atoms with van der Waals surface area (Å²) in [6.45, 7) is 2.23. The first-order valence-electron chi connectivity index (χ1n) is 9.72. The highest BCUT2D eigenvalue weighted by atomic mass is 16.3. The van der Waals surface area contributed by atoms with E-state index in [1.807, 2.05) is 66.1 Å². The third-order valence-electron chi connectivity index (χ3n) is 4.86. The van der Waals surface area contributed by atoms with Crippen LogP contribution in [0.25, 0.3) is 11.0 Å². The Bertz CT molecular complexity index is 1150. The molecule has 2 heterocycles. The van der Waals surface area contributed by atoms with Gasteiger partial charge in [-0.25, -0.2) is 4.98 Å². The number of benzene rings is 2. The fraction of sp³-hybridized carbons (Fsp3) is 0.174. The standard InChI is InChI=1S/C23H22N4O3/c1-16(17-8-3-2-4-9-17)25-22(28)15-27-19-11-6-5-10-18(19)26-21(27)14-24-23(29)20-12-7-13-30-20/h2-13,16H,14-15H2,1H3,(H,24,29)(H,25,28). The monoisotopic (exact) mass is 402 g/mol. The molecule has 0 saturated heterocycles. The summed E-state index contributed by atoms with van der Waals surface area (Å²) in [5.41, 5.74) is 2.64. The Morgan fingerprint density at radius 3 is 2.57 bits per heavy atom. The van der Waals surface area contributed by atoms with Crippen LogP contribution in [0.2, 0.25) is 0 Å². The highest BCUT2D eigenvalue weighted by Gasteiger charge is 2.17. The maximum atomic E-state index is 12.8. The van der Waals surface area contributed by atoms with Crippen molar-refractivity contribution >= 4 is 22.8 Å². The zero-order valence-corrected chi connectivity index (χ0v) is 16.5. The SMILES string of the molecule is CC(NC(=O)Cn1c(CNC(=O)c2ccco2)nc2ccccc21)c1ccccc1. The number of rotatable bonds is 7. The van der Waals surface area contributed by atoms with Gasteiger partial charge in [-0.1, -0.05) is 42.5 Å². The molecule has 0 aliphatic carbocycles. The molecule has 0 radical (unpaired) electrons. The van der Waals surface area contributed by atoms with E-state index in [0.717, 1.165) is 16.6 Å². The second-order valence-electron chi connectivity index (χ2n) is 6.96. The molecule has 7 nitrogen and oxygen atoms in total. The Morgan fingerprint density at radius 1 is 1.03 bits per heavy atom. The maximum Gasteiger partial charge on any atom is 0.287 e. The van der Waals surface area contributed by atoms with Gasteiger partial charge >= 0.3 is 0 Å². The molecule has 2 aromatic carbocycles. The summed E-state index contributed by atoms with van der Waals surface area (Å²) in [7, 11) is 0. The lowest BCUT2D eigenvalue weighted by Crippen LogP contribution is -2.31. The number of hydrogen-bond donors (Lipinski definition) is 2. The molecule has 0 bridgehead atoms. The minimum absolute atomic E-state index is 0.101. The van der Waals surface area contributed by atoms with Crippen LogP contribution in [-0.4, -0.2) is 21.4 Å². The van der Waals surface area contributed by atoms with Crippen LogP contribution < -0.4 is 10.6 Å². The fourth-order valence-electron chi connectivity index (χ4n) is 3.35. The Morgan fingerprint density at radius 2 is 1.80 bits per heavy atom. The number of nitrogens with one attached hydrogen (secondary N) is 2. The quantitative estimate of drug-likeness (QED) is 0.496. The van der Waals surface area contributed by atoms with Gasteiger partial charge in [-0.15, -0.1) is 0 Å². The Labute approximate surface area is 173 Å². The highest BCUT2D eigenvalue weighted by molar-refractivity contribution is 5.91. The number of carbonyl (C=O) groups is 2. The topological polar surface area (TPSA) is 89.2 Å². The van der Waals surface area contributed by atoms with Crippen LogP contribution in [0.15, 0.2) is 77.4 Å². The number of para-hydroxylation sites is 2. The van der Waals surface area contributed by atoms with Gasteiger partial charge in [-0.3, -0.25) is 9.59 Å². The number of hydrogen-bond acceptors (Lipinski definition) is 4. The van der Waals surface area contributed by atoms with E-state index in [9.17, 15) is 9.59 Å². The first-order chi connectivity index (χ1) is 14.6. The van der Waals surface area contributed by atoms with Crippen molar-refractivity contribution in [2.24, 2.45) is 0 Å². The number of nitrogens with zero attached hydrogens (tertiary/aromatic N) is 2. The molecule has 2 aromatic heterocycles. The van der Waals surface area contributed by atoms with E-state index in [1.165, 1.54) is 6.26 Å². The molecule has 0 aliphatic heterocycles. The summed E-state index contributed by atoms with van der Waals surface area (Å²) < 4.78 is 6.94. The predicted molar refractivity (Wildman–Crippen MR) is 113 cm³/mol. The van der Waals surface area contributed by atoms with Gasteiger partial charge in [0.2, 0.25) is 5.91 Å². The van der Waals surface area contributed by atoms with Crippen molar-refractivity contribution in [3.8, 4) is 0 Å². The molecule has 1 unspecified atom stereocenters. The van der Waals surface area contributed by atoms with Crippen LogP contribution >= 0.6 is 0 Å². The van der Waals surface area contributed by atoms with Gasteiger partial charge in [-0.2, -0.15) is 0 Å². The smallest absolute Gasteiger partial charge is 0.287 e. The van der Waals surface area contributed by atoms with E-state index in [2.05, 4.69) is 15.6 Å². The summed E-state index contributed by atoms with van der Waals surface area (Å²) in [5.74, 6) is 0.361. The lowest BCUT2D eigenvalue weighted by Gasteiger charge is -2.16. The minimum Gasteiger partial charge on any atom is -0.459 e. The van der Waals surface area contributed by atoms with Gasteiger partial charge in [0.25, 0.3) is 5.91 Å². The second kappa shape index (κ2) is 8.65. The molecule has 152 valence electrons. The molecule has 7 heteroatoms. The Hall–Kier alpha value is -3.87. The van der Waals surface area contributed by atoms with Gasteiger partial charge in [0.1, 0.15) is 12.4 Å². The highest BCUT2D eigenvalue weighted by Crippen LogP contribution is 2.17. The van der Waals surface area contributed by atoms with Crippen LogP contribution in [0, 0.1) is 0 Å². The van der Waals surface area contributed by atoms with Crippen LogP contribution in [0.3, 0.4) is 0 Å². The van der Waals surface area contributed by atoms with Crippen LogP contribution in [0.5, 0.6) is 0 Å². The van der Waals surface area contributed by atoms with Gasteiger partial charge in [0.15, 0.2) is 5.76 Å². The lowest BCUT2D eigenvalue weighted by atomic mass is 10.1. The number of aromatic nitrogens is 2. The van der Waals surface area contributed by atoms with E-state index in [0.29, 0.717) is 5.82 Å². The third kappa shape index (κ3) is 4.25. The summed E-state index contributed by atoms with van der Waals surface area (Å²) in [5, 5.41) is 5.82. The first-order valence-corrected chi connectivity index (χ1v) is 9.72. The normalized spacial score (nSPS) is 11.9. The van der Waals surface area contributed by atoms with Gasteiger partial charge in [0.05, 0.1) is 29.9 Å². The van der Waals surface area contributed by atoms with Crippen molar-refractivity contribution in [1.29, 1.82) is 0 Å². The molecule has 2 amide bonds. The minimum atomic E-state index is -0.333. The average Bonchev–Trinajstić information content (AvgIpc) is 3.41. The summed E-state index contributed by atoms with van der Waals surface area (Å²) >= 11 is 0. The Balaban J connectivity index is 1.51. The van der Waals surface area contributed by atoms with Crippen LogP contribution in [0.1, 0.15) is 34.9 Å². The lowest BCUT2D eigenvalue weighted by molar-refractivity contribution is -0.122. The number of amides is 2. The molecule has 0 aliphatic rings. The predicted octanol–water partition coefficient (Wildman–Crippen LogP) is 3.44. The van der Waals surface area contributed by atoms with Crippen molar-refractivity contribution in [1.82, 2.24) is 20.2 Å². The van der Waals surface area contributed by atoms with Crippen molar-refractivity contribution < 1.29 is 14.0 Å². The summed E-state index contributed by atoms with van der Waals surface area (Å²) in [6.07, 6.45) is 1.45. The number of furan rings is 1. The van der Waals surface area contributed by atoms with E-state index in [1.54, 1.807) is 12.1 Å². The molecule has 2 N–H and O–H groups in total. The zero-order chi connectivity index (χ0) is 20.9. The molecule has 4 aromatic rings. The van der Waals surface area contributed by atoms with Gasteiger partial charge < -0.3 is 19.6 Å². The maximum absolute atomic E-state index is 12.8. The molecule has 0 spiro atoms. The molecular formula is C23H22N4O3. The van der Waals surface area contributed by atoms with E-state index >= 15 is 0 Å². The molecular weight excluding hydrogens is 380 g/mol.